The predicted molar refractivity (Wildman–Crippen MR) is 94.0 cm³/mol. The summed E-state index contributed by atoms with van der Waals surface area (Å²) in [6, 6.07) is 6.25. The van der Waals surface area contributed by atoms with Gasteiger partial charge in [-0.05, 0) is 38.1 Å². The highest BCUT2D eigenvalue weighted by molar-refractivity contribution is 7.89. The molecule has 1 aromatic carbocycles. The molecule has 2 aliphatic rings. The van der Waals surface area contributed by atoms with E-state index in [9.17, 15) is 13.2 Å². The summed E-state index contributed by atoms with van der Waals surface area (Å²) in [5.74, 6) is -0.272. The lowest BCUT2D eigenvalue weighted by Crippen LogP contribution is -2.47. The lowest BCUT2D eigenvalue weighted by molar-refractivity contribution is 0.0857. The highest BCUT2D eigenvalue weighted by Gasteiger charge is 2.28. The largest absolute Gasteiger partial charge is 0.376 e. The Morgan fingerprint density at radius 1 is 1.28 bits per heavy atom. The van der Waals surface area contributed by atoms with Gasteiger partial charge in [-0.15, -0.1) is 0 Å². The van der Waals surface area contributed by atoms with Gasteiger partial charge in [-0.25, -0.2) is 8.42 Å². The number of nitrogens with one attached hydrogen (secondary N) is 1. The average molecular weight is 367 g/mol. The molecule has 2 aliphatic heterocycles. The van der Waals surface area contributed by atoms with Crippen molar-refractivity contribution in [2.75, 3.05) is 46.4 Å². The first-order valence-corrected chi connectivity index (χ1v) is 10.1. The maximum atomic E-state index is 12.8. The minimum absolute atomic E-state index is 0.0567. The van der Waals surface area contributed by atoms with E-state index in [2.05, 4.69) is 10.2 Å². The molecule has 1 N–H and O–H groups in total. The van der Waals surface area contributed by atoms with Crippen LogP contribution >= 0.6 is 0 Å². The zero-order chi connectivity index (χ0) is 17.9. The molecule has 2 fully saturated rings. The molecule has 7 nitrogen and oxygen atoms in total. The zero-order valence-corrected chi connectivity index (χ0v) is 15.3. The van der Waals surface area contributed by atoms with Crippen LogP contribution in [-0.4, -0.2) is 76.0 Å². The standard InChI is InChI=1S/C17H25N3O4S/c1-19-7-9-20(10-8-19)25(22,23)16-6-2-4-14(12-16)17(21)18-13-15-5-3-11-24-15/h2,4,6,12,15H,3,5,7-11,13H2,1H3,(H,18,21). The van der Waals surface area contributed by atoms with Gasteiger partial charge in [0.25, 0.3) is 5.91 Å². The zero-order valence-electron chi connectivity index (χ0n) is 14.5. The number of ether oxygens (including phenoxy) is 1. The Morgan fingerprint density at radius 2 is 2.04 bits per heavy atom. The smallest absolute Gasteiger partial charge is 0.251 e. The summed E-state index contributed by atoms with van der Waals surface area (Å²) >= 11 is 0. The molecule has 0 aromatic heterocycles. The molecule has 138 valence electrons. The Labute approximate surface area is 149 Å². The molecule has 1 unspecified atom stereocenters. The van der Waals surface area contributed by atoms with Crippen LogP contribution in [0.15, 0.2) is 29.2 Å². The van der Waals surface area contributed by atoms with Crippen molar-refractivity contribution < 1.29 is 17.9 Å². The number of benzene rings is 1. The van der Waals surface area contributed by atoms with Crippen molar-refractivity contribution in [2.24, 2.45) is 0 Å². The monoisotopic (exact) mass is 367 g/mol. The molecular formula is C17H25N3O4S. The molecule has 0 aliphatic carbocycles. The topological polar surface area (TPSA) is 79.0 Å². The van der Waals surface area contributed by atoms with Crippen LogP contribution < -0.4 is 5.32 Å². The van der Waals surface area contributed by atoms with E-state index in [1.54, 1.807) is 18.2 Å². The molecule has 0 spiro atoms. The molecule has 1 aromatic rings. The van der Waals surface area contributed by atoms with E-state index in [4.69, 9.17) is 4.74 Å². The lowest BCUT2D eigenvalue weighted by atomic mass is 10.2. The number of piperazine rings is 1. The van der Waals surface area contributed by atoms with E-state index in [0.717, 1.165) is 19.4 Å². The molecular weight excluding hydrogens is 342 g/mol. The first kappa shape index (κ1) is 18.3. The number of likely N-dealkylation sites (N-methyl/N-ethyl adjacent to an activating group) is 1. The Morgan fingerprint density at radius 3 is 2.72 bits per heavy atom. The third-order valence-corrected chi connectivity index (χ3v) is 6.61. The third kappa shape index (κ3) is 4.38. The number of hydrogen-bond acceptors (Lipinski definition) is 5. The fourth-order valence-electron chi connectivity index (χ4n) is 3.09. The molecule has 1 atom stereocenters. The van der Waals surface area contributed by atoms with E-state index in [-0.39, 0.29) is 16.9 Å². The maximum Gasteiger partial charge on any atom is 0.251 e. The van der Waals surface area contributed by atoms with E-state index < -0.39 is 10.0 Å². The van der Waals surface area contributed by atoms with E-state index in [1.807, 2.05) is 7.05 Å². The highest BCUT2D eigenvalue weighted by Crippen LogP contribution is 2.19. The second-order valence-electron chi connectivity index (χ2n) is 6.58. The van der Waals surface area contributed by atoms with Crippen LogP contribution in [0.25, 0.3) is 0 Å². The van der Waals surface area contributed by atoms with Crippen molar-refractivity contribution in [1.29, 1.82) is 0 Å². The lowest BCUT2D eigenvalue weighted by Gasteiger charge is -2.31. The minimum atomic E-state index is -3.57. The van der Waals surface area contributed by atoms with Gasteiger partial charge in [0.1, 0.15) is 0 Å². The molecule has 8 heteroatoms. The fraction of sp³-hybridized carbons (Fsp3) is 0.588. The fourth-order valence-corrected chi connectivity index (χ4v) is 4.56. The Balaban J connectivity index is 1.68. The van der Waals surface area contributed by atoms with Gasteiger partial charge in [-0.2, -0.15) is 4.31 Å². The molecule has 2 heterocycles. The van der Waals surface area contributed by atoms with Crippen LogP contribution in [0.5, 0.6) is 0 Å². The molecule has 2 saturated heterocycles. The van der Waals surface area contributed by atoms with Gasteiger partial charge in [0.2, 0.25) is 10.0 Å². The Kier molecular flexibility index (Phi) is 5.73. The van der Waals surface area contributed by atoms with E-state index in [0.29, 0.717) is 38.3 Å². The first-order chi connectivity index (χ1) is 12.0. The number of carbonyl (C=O) groups excluding carboxylic acids is 1. The first-order valence-electron chi connectivity index (χ1n) is 8.65. The highest BCUT2D eigenvalue weighted by atomic mass is 32.2. The van der Waals surface area contributed by atoms with Crippen LogP contribution in [0.3, 0.4) is 0 Å². The summed E-state index contributed by atoms with van der Waals surface area (Å²) in [5.41, 5.74) is 0.355. The van der Waals surface area contributed by atoms with E-state index in [1.165, 1.54) is 10.4 Å². The summed E-state index contributed by atoms with van der Waals surface area (Å²) in [4.78, 5) is 14.6. The second-order valence-corrected chi connectivity index (χ2v) is 8.52. The number of nitrogens with zero attached hydrogens (tertiary/aromatic N) is 2. The average Bonchev–Trinajstić information content (AvgIpc) is 3.14. The number of carbonyl (C=O) groups is 1. The van der Waals surface area contributed by atoms with Gasteiger partial charge >= 0.3 is 0 Å². The SMILES string of the molecule is CN1CCN(S(=O)(=O)c2cccc(C(=O)NCC3CCCO3)c2)CC1. The third-order valence-electron chi connectivity index (χ3n) is 4.71. The van der Waals surface area contributed by atoms with Crippen molar-refractivity contribution in [3.05, 3.63) is 29.8 Å². The molecule has 3 rings (SSSR count). The van der Waals surface area contributed by atoms with Crippen molar-refractivity contribution in [1.82, 2.24) is 14.5 Å². The number of sulfonamides is 1. The number of rotatable bonds is 5. The van der Waals surface area contributed by atoms with Crippen LogP contribution in [0.2, 0.25) is 0 Å². The summed E-state index contributed by atoms with van der Waals surface area (Å²) < 4.78 is 32.5. The molecule has 0 bridgehead atoms. The normalized spacial score (nSPS) is 22.8. The quantitative estimate of drug-likeness (QED) is 0.821. The van der Waals surface area contributed by atoms with Crippen LogP contribution in [0.4, 0.5) is 0 Å². The molecule has 25 heavy (non-hydrogen) atoms. The van der Waals surface area contributed by atoms with Crippen molar-refractivity contribution in [3.8, 4) is 0 Å². The number of amides is 1. The summed E-state index contributed by atoms with van der Waals surface area (Å²) in [6.07, 6.45) is 2.01. The van der Waals surface area contributed by atoms with Gasteiger partial charge in [0.15, 0.2) is 0 Å². The second kappa shape index (κ2) is 7.82. The van der Waals surface area contributed by atoms with Gasteiger partial charge in [-0.1, -0.05) is 6.07 Å². The van der Waals surface area contributed by atoms with Crippen LogP contribution in [0.1, 0.15) is 23.2 Å². The van der Waals surface area contributed by atoms with Crippen LogP contribution in [-0.2, 0) is 14.8 Å². The molecule has 0 saturated carbocycles. The van der Waals surface area contributed by atoms with Gasteiger partial charge in [-0.3, -0.25) is 4.79 Å². The van der Waals surface area contributed by atoms with Gasteiger partial charge in [0, 0.05) is 44.9 Å². The molecule has 0 radical (unpaired) electrons. The summed E-state index contributed by atoms with van der Waals surface area (Å²) in [6.45, 7) is 3.54. The van der Waals surface area contributed by atoms with Crippen LogP contribution in [0, 0.1) is 0 Å². The van der Waals surface area contributed by atoms with E-state index >= 15 is 0 Å². The maximum absolute atomic E-state index is 12.8. The summed E-state index contributed by atoms with van der Waals surface area (Å²) in [7, 11) is -1.59. The van der Waals surface area contributed by atoms with Gasteiger partial charge < -0.3 is 15.0 Å². The van der Waals surface area contributed by atoms with Crippen molar-refractivity contribution in [3.63, 3.8) is 0 Å². The number of hydrogen-bond donors (Lipinski definition) is 1. The summed E-state index contributed by atoms with van der Waals surface area (Å²) in [5, 5.41) is 2.83. The Bertz CT molecular complexity index is 708. The molecule has 1 amide bonds. The minimum Gasteiger partial charge on any atom is -0.376 e. The van der Waals surface area contributed by atoms with Gasteiger partial charge in [0.05, 0.1) is 11.0 Å². The Hall–Kier alpha value is -1.48. The van der Waals surface area contributed by atoms with Crippen molar-refractivity contribution in [2.45, 2.75) is 23.8 Å². The van der Waals surface area contributed by atoms with Crippen molar-refractivity contribution >= 4 is 15.9 Å². The predicted octanol–water partition coefficient (Wildman–Crippen LogP) is 0.532.